The molecule has 0 spiro atoms. The average molecular weight is 311 g/mol. The number of hydrogen-bond donors (Lipinski definition) is 1. The Morgan fingerprint density at radius 1 is 1.14 bits per heavy atom. The SMILES string of the molecule is CCOC(=O)C(CSC1CCCCC1)(NC1CC1)C1CC1. The van der Waals surface area contributed by atoms with E-state index in [9.17, 15) is 4.79 Å². The Morgan fingerprint density at radius 3 is 2.43 bits per heavy atom. The lowest BCUT2D eigenvalue weighted by Gasteiger charge is -2.34. The van der Waals surface area contributed by atoms with Gasteiger partial charge in [0.1, 0.15) is 5.54 Å². The average Bonchev–Trinajstić information content (AvgIpc) is 3.38. The Bertz CT molecular complexity index is 362. The molecular formula is C17H29NO2S. The molecule has 0 bridgehead atoms. The molecule has 21 heavy (non-hydrogen) atoms. The van der Waals surface area contributed by atoms with Crippen LogP contribution in [-0.2, 0) is 9.53 Å². The van der Waals surface area contributed by atoms with Gasteiger partial charge in [-0.15, -0.1) is 0 Å². The van der Waals surface area contributed by atoms with Crippen LogP contribution in [0.3, 0.4) is 0 Å². The Kier molecular flexibility index (Phi) is 5.15. The minimum Gasteiger partial charge on any atom is -0.465 e. The van der Waals surface area contributed by atoms with Crippen molar-refractivity contribution in [3.05, 3.63) is 0 Å². The minimum absolute atomic E-state index is 0.0164. The van der Waals surface area contributed by atoms with Gasteiger partial charge in [0.05, 0.1) is 6.61 Å². The van der Waals surface area contributed by atoms with Gasteiger partial charge in [0.2, 0.25) is 0 Å². The molecule has 3 aliphatic carbocycles. The highest BCUT2D eigenvalue weighted by atomic mass is 32.2. The third-order valence-corrected chi connectivity index (χ3v) is 6.62. The number of thioether (sulfide) groups is 1. The number of esters is 1. The second kappa shape index (κ2) is 6.91. The van der Waals surface area contributed by atoms with Gasteiger partial charge in [0.25, 0.3) is 0 Å². The maximum Gasteiger partial charge on any atom is 0.327 e. The first-order valence-electron chi connectivity index (χ1n) is 8.81. The number of hydrogen-bond acceptors (Lipinski definition) is 4. The number of carbonyl (C=O) groups excluding carboxylic acids is 1. The van der Waals surface area contributed by atoms with E-state index in [2.05, 4.69) is 5.32 Å². The zero-order valence-corrected chi connectivity index (χ0v) is 14.1. The van der Waals surface area contributed by atoms with Gasteiger partial charge in [0.15, 0.2) is 0 Å². The molecule has 120 valence electrons. The summed E-state index contributed by atoms with van der Waals surface area (Å²) in [4.78, 5) is 12.7. The number of carbonyl (C=O) groups is 1. The molecule has 0 amide bonds. The van der Waals surface area contributed by atoms with Gasteiger partial charge in [-0.25, -0.2) is 0 Å². The molecule has 3 aliphatic rings. The first kappa shape index (κ1) is 15.7. The Morgan fingerprint density at radius 2 is 1.86 bits per heavy atom. The van der Waals surface area contributed by atoms with Crippen LogP contribution in [0.2, 0.25) is 0 Å². The molecule has 3 nitrogen and oxygen atoms in total. The van der Waals surface area contributed by atoms with Crippen LogP contribution in [0.25, 0.3) is 0 Å². The number of ether oxygens (including phenoxy) is 1. The second-order valence-electron chi connectivity index (χ2n) is 6.96. The first-order valence-corrected chi connectivity index (χ1v) is 9.86. The molecule has 0 saturated heterocycles. The Labute approximate surface area is 133 Å². The highest BCUT2D eigenvalue weighted by molar-refractivity contribution is 8.00. The van der Waals surface area contributed by atoms with Crippen LogP contribution in [0.5, 0.6) is 0 Å². The Balaban J connectivity index is 1.65. The fraction of sp³-hybridized carbons (Fsp3) is 0.941. The van der Waals surface area contributed by atoms with Gasteiger partial charge >= 0.3 is 5.97 Å². The van der Waals surface area contributed by atoms with Crippen molar-refractivity contribution < 1.29 is 9.53 Å². The summed E-state index contributed by atoms with van der Waals surface area (Å²) in [5.74, 6) is 1.44. The van der Waals surface area contributed by atoms with Crippen LogP contribution in [0.4, 0.5) is 0 Å². The van der Waals surface area contributed by atoms with E-state index >= 15 is 0 Å². The maximum atomic E-state index is 12.7. The quantitative estimate of drug-likeness (QED) is 0.696. The van der Waals surface area contributed by atoms with Gasteiger partial charge in [-0.05, 0) is 51.4 Å². The third kappa shape index (κ3) is 3.95. The summed E-state index contributed by atoms with van der Waals surface area (Å²) >= 11 is 2.03. The normalized spacial score (nSPS) is 26.3. The smallest absolute Gasteiger partial charge is 0.327 e. The third-order valence-electron chi connectivity index (χ3n) is 5.05. The van der Waals surface area contributed by atoms with E-state index in [0.29, 0.717) is 18.6 Å². The molecule has 3 fully saturated rings. The second-order valence-corrected chi connectivity index (χ2v) is 8.24. The van der Waals surface area contributed by atoms with Crippen LogP contribution in [0, 0.1) is 5.92 Å². The zero-order chi connectivity index (χ0) is 14.7. The summed E-state index contributed by atoms with van der Waals surface area (Å²) in [6, 6.07) is 0.557. The summed E-state index contributed by atoms with van der Waals surface area (Å²) in [5, 5.41) is 4.45. The van der Waals surface area contributed by atoms with Crippen molar-refractivity contribution >= 4 is 17.7 Å². The molecule has 3 rings (SSSR count). The van der Waals surface area contributed by atoms with Crippen molar-refractivity contribution in [3.63, 3.8) is 0 Å². The standard InChI is InChI=1S/C17H29NO2S/c1-2-20-16(19)17(13-8-9-13,18-14-10-11-14)12-21-15-6-4-3-5-7-15/h13-15,18H,2-12H2,1H3. The monoisotopic (exact) mass is 311 g/mol. The van der Waals surface area contributed by atoms with E-state index in [0.717, 1.165) is 11.0 Å². The van der Waals surface area contributed by atoms with Gasteiger partial charge in [-0.1, -0.05) is 19.3 Å². The molecule has 1 N–H and O–H groups in total. The highest BCUT2D eigenvalue weighted by Gasteiger charge is 2.54. The summed E-state index contributed by atoms with van der Waals surface area (Å²) in [7, 11) is 0. The Hall–Kier alpha value is -0.220. The first-order chi connectivity index (χ1) is 10.2. The van der Waals surface area contributed by atoms with E-state index < -0.39 is 0 Å². The summed E-state index contributed by atoms with van der Waals surface area (Å²) < 4.78 is 5.46. The maximum absolute atomic E-state index is 12.7. The molecule has 0 aromatic rings. The number of rotatable bonds is 8. The lowest BCUT2D eigenvalue weighted by molar-refractivity contribution is -0.151. The van der Waals surface area contributed by atoms with Crippen LogP contribution in [0.1, 0.15) is 64.7 Å². The van der Waals surface area contributed by atoms with Crippen molar-refractivity contribution in [1.29, 1.82) is 0 Å². The topological polar surface area (TPSA) is 38.3 Å². The van der Waals surface area contributed by atoms with Crippen molar-refractivity contribution in [2.45, 2.75) is 81.5 Å². The summed E-state index contributed by atoms with van der Waals surface area (Å²) in [6.45, 7) is 2.41. The fourth-order valence-corrected chi connectivity index (χ4v) is 5.07. The molecule has 4 heteroatoms. The number of nitrogens with one attached hydrogen (secondary N) is 1. The molecule has 0 aromatic heterocycles. The van der Waals surface area contributed by atoms with E-state index in [1.165, 1.54) is 57.8 Å². The van der Waals surface area contributed by atoms with Gasteiger partial charge in [-0.3, -0.25) is 10.1 Å². The highest BCUT2D eigenvalue weighted by Crippen LogP contribution is 2.45. The molecule has 1 atom stereocenters. The molecule has 3 saturated carbocycles. The molecule has 0 aliphatic heterocycles. The van der Waals surface area contributed by atoms with Crippen LogP contribution in [0.15, 0.2) is 0 Å². The van der Waals surface area contributed by atoms with E-state index in [4.69, 9.17) is 4.74 Å². The van der Waals surface area contributed by atoms with Crippen molar-refractivity contribution in [1.82, 2.24) is 5.32 Å². The summed E-state index contributed by atoms with van der Waals surface area (Å²) in [6.07, 6.45) is 11.6. The molecule has 1 unspecified atom stereocenters. The van der Waals surface area contributed by atoms with E-state index in [1.807, 2.05) is 18.7 Å². The molecule has 0 radical (unpaired) electrons. The van der Waals surface area contributed by atoms with Crippen LogP contribution >= 0.6 is 11.8 Å². The minimum atomic E-state index is -0.390. The predicted octanol–water partition coefficient (Wildman–Crippen LogP) is 3.52. The van der Waals surface area contributed by atoms with E-state index in [-0.39, 0.29) is 11.5 Å². The molecule has 0 heterocycles. The largest absolute Gasteiger partial charge is 0.465 e. The molecule has 0 aromatic carbocycles. The fourth-order valence-electron chi connectivity index (χ4n) is 3.47. The van der Waals surface area contributed by atoms with Crippen molar-refractivity contribution in [2.24, 2.45) is 5.92 Å². The van der Waals surface area contributed by atoms with Crippen molar-refractivity contribution in [3.8, 4) is 0 Å². The van der Waals surface area contributed by atoms with E-state index in [1.54, 1.807) is 0 Å². The summed E-state index contributed by atoms with van der Waals surface area (Å²) in [5.41, 5.74) is -0.390. The van der Waals surface area contributed by atoms with Gasteiger partial charge in [0, 0.05) is 17.0 Å². The lowest BCUT2D eigenvalue weighted by atomic mass is 9.95. The van der Waals surface area contributed by atoms with Crippen LogP contribution in [-0.4, -0.2) is 35.2 Å². The molecular weight excluding hydrogens is 282 g/mol. The van der Waals surface area contributed by atoms with Gasteiger partial charge in [-0.2, -0.15) is 11.8 Å². The predicted molar refractivity (Wildman–Crippen MR) is 87.6 cm³/mol. The van der Waals surface area contributed by atoms with Crippen molar-refractivity contribution in [2.75, 3.05) is 12.4 Å². The van der Waals surface area contributed by atoms with Crippen LogP contribution < -0.4 is 5.32 Å². The zero-order valence-electron chi connectivity index (χ0n) is 13.2. The lowest BCUT2D eigenvalue weighted by Crippen LogP contribution is -2.58. The van der Waals surface area contributed by atoms with Gasteiger partial charge < -0.3 is 4.74 Å².